The van der Waals surface area contributed by atoms with Gasteiger partial charge in [-0.15, -0.1) is 0 Å². The topological polar surface area (TPSA) is 163 Å². The molecule has 3 fully saturated rings. The number of fused-ring (bicyclic) bond motifs is 6. The molecule has 1 spiro atoms. The number of esters is 3. The number of nitrogens with one attached hydrogen (secondary N) is 1. The summed E-state index contributed by atoms with van der Waals surface area (Å²) >= 11 is 0. The van der Waals surface area contributed by atoms with Crippen LogP contribution in [0.4, 0.5) is 5.69 Å². The van der Waals surface area contributed by atoms with Crippen molar-refractivity contribution >= 4 is 34.5 Å². The van der Waals surface area contributed by atoms with E-state index < -0.39 is 57.5 Å². The highest BCUT2D eigenvalue weighted by molar-refractivity contribution is 5.95. The van der Waals surface area contributed by atoms with Crippen molar-refractivity contribution < 1.29 is 48.3 Å². The van der Waals surface area contributed by atoms with Crippen molar-refractivity contribution in [2.24, 2.45) is 11.3 Å². The van der Waals surface area contributed by atoms with Crippen LogP contribution in [0.3, 0.4) is 0 Å². The van der Waals surface area contributed by atoms with Gasteiger partial charge in [-0.05, 0) is 86.4 Å². The fraction of sp³-hybridized carbons (Fsp3) is 0.596. The highest BCUT2D eigenvalue weighted by Crippen LogP contribution is 2.68. The van der Waals surface area contributed by atoms with E-state index in [9.17, 15) is 19.8 Å². The number of piperidine rings is 1. The monoisotopic (exact) mass is 840 g/mol. The van der Waals surface area contributed by atoms with E-state index in [0.717, 1.165) is 27.7 Å². The van der Waals surface area contributed by atoms with Crippen LogP contribution in [0.25, 0.3) is 10.9 Å². The van der Waals surface area contributed by atoms with Crippen molar-refractivity contribution in [3.63, 3.8) is 0 Å². The van der Waals surface area contributed by atoms with Crippen molar-refractivity contribution in [2.75, 3.05) is 73.1 Å². The van der Waals surface area contributed by atoms with Crippen LogP contribution < -0.4 is 14.4 Å². The highest BCUT2D eigenvalue weighted by atomic mass is 16.6. The second-order valence-electron chi connectivity index (χ2n) is 18.6. The molecule has 1 aliphatic carbocycles. The largest absolute Gasteiger partial charge is 0.497 e. The van der Waals surface area contributed by atoms with Gasteiger partial charge < -0.3 is 43.8 Å². The van der Waals surface area contributed by atoms with E-state index in [1.54, 1.807) is 14.2 Å². The van der Waals surface area contributed by atoms with E-state index in [1.807, 2.05) is 62.2 Å². The molecule has 6 heterocycles. The number of hydrogen-bond acceptors (Lipinski definition) is 13. The first-order chi connectivity index (χ1) is 29.2. The molecule has 10 atom stereocenters. The number of rotatable bonds is 8. The van der Waals surface area contributed by atoms with Crippen LogP contribution >= 0.6 is 0 Å². The second-order valence-corrected chi connectivity index (χ2v) is 18.6. The molecule has 14 nitrogen and oxygen atoms in total. The summed E-state index contributed by atoms with van der Waals surface area (Å²) in [6, 6.07) is 8.66. The van der Waals surface area contributed by atoms with Gasteiger partial charge in [0.1, 0.15) is 16.9 Å². The summed E-state index contributed by atoms with van der Waals surface area (Å²) in [6.45, 7) is 8.50. The van der Waals surface area contributed by atoms with Crippen molar-refractivity contribution in [2.45, 2.75) is 99.5 Å². The van der Waals surface area contributed by atoms with E-state index in [1.165, 1.54) is 21.1 Å². The van der Waals surface area contributed by atoms with Gasteiger partial charge in [-0.3, -0.25) is 19.4 Å². The van der Waals surface area contributed by atoms with Gasteiger partial charge in [0.25, 0.3) is 0 Å². The number of aliphatic hydroxyl groups is 2. The number of aromatic nitrogens is 1. The zero-order valence-electron chi connectivity index (χ0n) is 36.6. The first-order valence-corrected chi connectivity index (χ1v) is 21.7. The van der Waals surface area contributed by atoms with E-state index in [-0.39, 0.29) is 12.0 Å². The zero-order valence-corrected chi connectivity index (χ0v) is 36.6. The number of anilines is 1. The van der Waals surface area contributed by atoms with Crippen molar-refractivity contribution in [1.29, 1.82) is 0 Å². The molecular weight excluding hydrogens is 781 g/mol. The Hall–Kier alpha value is -4.63. The van der Waals surface area contributed by atoms with Crippen LogP contribution in [0.2, 0.25) is 0 Å². The van der Waals surface area contributed by atoms with Gasteiger partial charge in [0, 0.05) is 90.9 Å². The molecule has 1 saturated carbocycles. The lowest BCUT2D eigenvalue weighted by Crippen LogP contribution is -2.81. The number of ether oxygens (including phenoxy) is 5. The SMILES string of the molecule is CC[C@]1(O)C[C@@H]2CN(CCc3c([nH]c4ccc(OC)cc34)[C@@](C(=O)OC)(c3cc4c(cc3OC)N(C)C3C(O)(C(=O)OC)[C@H](OC(C)=O)[C@]5(CC)C=CCN6CC[C@]43[C@@H]65)C2)C1. The fourth-order valence-electron chi connectivity index (χ4n) is 13.7. The van der Waals surface area contributed by atoms with Gasteiger partial charge in [-0.25, -0.2) is 4.79 Å². The Balaban J connectivity index is 1.37. The van der Waals surface area contributed by atoms with E-state index in [2.05, 4.69) is 20.9 Å². The number of nitrogens with zero attached hydrogens (tertiary/aromatic N) is 3. The number of aromatic amines is 1. The Morgan fingerprint density at radius 1 is 0.918 bits per heavy atom. The van der Waals surface area contributed by atoms with Crippen LogP contribution in [0.5, 0.6) is 11.5 Å². The van der Waals surface area contributed by atoms with Crippen LogP contribution in [-0.2, 0) is 45.8 Å². The number of carbonyl (C=O) groups is 3. The minimum Gasteiger partial charge on any atom is -0.497 e. The molecule has 9 rings (SSSR count). The maximum Gasteiger partial charge on any atom is 0.344 e. The lowest BCUT2D eigenvalue weighted by Gasteiger charge is -2.63. The average molecular weight is 841 g/mol. The standard InChI is InChI=1S/C47H60N4O10/c1-9-43(55)23-28-24-46(41(53)59-7,37-30(14-18-50(25-28)26-43)31-20-29(57-5)12-13-34(31)48-37)33-21-32-35(22-36(33)58-6)49(4)39-45(32)16-19-51-17-11-15-44(10-2,38(45)51)40(61-27(3)52)47(39,56)42(54)60-8/h11-13,15,20-22,28,38-40,48,55-56H,9-10,14,16-19,23-26H2,1-8H3/t28-,38-,39?,40+,43-,44+,45+,46-,47?/m0/s1. The summed E-state index contributed by atoms with van der Waals surface area (Å²) in [5.74, 6) is -0.964. The minimum absolute atomic E-state index is 0.127. The van der Waals surface area contributed by atoms with Gasteiger partial charge in [0.05, 0.1) is 40.1 Å². The molecule has 0 radical (unpaired) electrons. The van der Waals surface area contributed by atoms with Crippen molar-refractivity contribution in [1.82, 2.24) is 14.8 Å². The maximum atomic E-state index is 15.4. The number of benzene rings is 2. The van der Waals surface area contributed by atoms with Gasteiger partial charge in [0.2, 0.25) is 5.60 Å². The Morgan fingerprint density at radius 3 is 2.36 bits per heavy atom. The first kappa shape index (κ1) is 41.7. The molecule has 328 valence electrons. The maximum absolute atomic E-state index is 15.4. The third kappa shape index (κ3) is 5.50. The van der Waals surface area contributed by atoms with Crippen LogP contribution in [0, 0.1) is 11.3 Å². The molecule has 6 aliphatic rings. The Morgan fingerprint density at radius 2 is 1.69 bits per heavy atom. The summed E-state index contributed by atoms with van der Waals surface area (Å²) in [7, 11) is 7.76. The predicted molar refractivity (Wildman–Crippen MR) is 227 cm³/mol. The summed E-state index contributed by atoms with van der Waals surface area (Å²) in [6.07, 6.45) is 5.78. The van der Waals surface area contributed by atoms with E-state index in [4.69, 9.17) is 23.7 Å². The van der Waals surface area contributed by atoms with Crippen molar-refractivity contribution in [3.05, 3.63) is 64.9 Å². The average Bonchev–Trinajstić information content (AvgIpc) is 3.92. The number of hydrogen-bond donors (Lipinski definition) is 3. The molecule has 5 aliphatic heterocycles. The fourth-order valence-corrected chi connectivity index (χ4v) is 13.7. The van der Waals surface area contributed by atoms with Gasteiger partial charge >= 0.3 is 17.9 Å². The van der Waals surface area contributed by atoms with E-state index in [0.29, 0.717) is 94.0 Å². The van der Waals surface area contributed by atoms with Crippen LogP contribution in [-0.4, -0.2) is 141 Å². The number of methoxy groups -OCH3 is 4. The quantitative estimate of drug-likeness (QED) is 0.170. The number of carbonyl (C=O) groups excluding carboxylic acids is 3. The van der Waals surface area contributed by atoms with Gasteiger partial charge in [-0.2, -0.15) is 0 Å². The summed E-state index contributed by atoms with van der Waals surface area (Å²) in [5, 5.41) is 26.3. The third-order valence-electron chi connectivity index (χ3n) is 15.9. The summed E-state index contributed by atoms with van der Waals surface area (Å²) in [5.41, 5.74) is -1.97. The molecular formula is C47H60N4O10. The summed E-state index contributed by atoms with van der Waals surface area (Å²) < 4.78 is 29.7. The van der Waals surface area contributed by atoms with E-state index >= 15 is 4.79 Å². The normalized spacial score (nSPS) is 36.1. The molecule has 3 aromatic rings. The molecule has 3 unspecified atom stereocenters. The Bertz CT molecular complexity index is 2330. The predicted octanol–water partition coefficient (Wildman–Crippen LogP) is 4.00. The molecule has 14 heteroatoms. The van der Waals surface area contributed by atoms with Crippen LogP contribution in [0.15, 0.2) is 42.5 Å². The smallest absolute Gasteiger partial charge is 0.344 e. The highest BCUT2D eigenvalue weighted by Gasteiger charge is 2.80. The number of likely N-dealkylation sites (N-methyl/N-ethyl adjacent to an activating group) is 1. The van der Waals surface area contributed by atoms with Gasteiger partial charge in [0.15, 0.2) is 6.10 Å². The molecule has 2 aromatic carbocycles. The molecule has 61 heavy (non-hydrogen) atoms. The Labute approximate surface area is 357 Å². The van der Waals surface area contributed by atoms with Crippen molar-refractivity contribution in [3.8, 4) is 11.5 Å². The summed E-state index contributed by atoms with van der Waals surface area (Å²) in [4.78, 5) is 53.3. The second kappa shape index (κ2) is 14.5. The molecule has 2 saturated heterocycles. The molecule has 2 bridgehead atoms. The third-order valence-corrected chi connectivity index (χ3v) is 15.9. The lowest BCUT2D eigenvalue weighted by atomic mass is 9.47. The van der Waals surface area contributed by atoms with Gasteiger partial charge in [-0.1, -0.05) is 26.0 Å². The van der Waals surface area contributed by atoms with Crippen LogP contribution in [0.1, 0.15) is 75.3 Å². The minimum atomic E-state index is -2.32. The first-order valence-electron chi connectivity index (χ1n) is 21.7. The lowest BCUT2D eigenvalue weighted by molar-refractivity contribution is -0.228. The zero-order chi connectivity index (χ0) is 43.4. The Kier molecular flexibility index (Phi) is 9.89. The molecule has 3 N–H and O–H groups in total. The molecule has 1 aromatic heterocycles. The number of H-pyrrole nitrogens is 1. The molecule has 0 amide bonds.